The monoisotopic (exact) mass is 374 g/mol. The van der Waals surface area contributed by atoms with Crippen LogP contribution in [-0.2, 0) is 0 Å². The van der Waals surface area contributed by atoms with Crippen molar-refractivity contribution >= 4 is 39.2 Å². The van der Waals surface area contributed by atoms with Crippen LogP contribution in [0.2, 0.25) is 0 Å². The third-order valence-corrected chi connectivity index (χ3v) is 3.37. The van der Waals surface area contributed by atoms with Crippen molar-refractivity contribution in [3.8, 4) is 5.75 Å². The number of hydrogen-bond acceptors (Lipinski definition) is 4. The zero-order valence-corrected chi connectivity index (χ0v) is 14.2. The summed E-state index contributed by atoms with van der Waals surface area (Å²) in [6, 6.07) is 5.12. The van der Waals surface area contributed by atoms with Crippen LogP contribution in [0.5, 0.6) is 5.75 Å². The molecule has 7 heteroatoms. The minimum Gasteiger partial charge on any atom is -0.492 e. The first-order valence-corrected chi connectivity index (χ1v) is 7.91. The molecule has 0 fully saturated rings. The van der Waals surface area contributed by atoms with Crippen molar-refractivity contribution in [2.45, 2.75) is 19.8 Å². The number of amides is 1. The van der Waals surface area contributed by atoms with Gasteiger partial charge >= 0.3 is 0 Å². The van der Waals surface area contributed by atoms with Crippen LogP contribution in [0.25, 0.3) is 0 Å². The number of ether oxygens (including phenoxy) is 1. The second kappa shape index (κ2) is 9.70. The Morgan fingerprint density at radius 1 is 1.48 bits per heavy atom. The average molecular weight is 375 g/mol. The molecule has 1 rings (SSSR count). The van der Waals surface area contributed by atoms with E-state index in [1.807, 2.05) is 6.92 Å². The summed E-state index contributed by atoms with van der Waals surface area (Å²) in [5.41, 5.74) is 0.483. The van der Waals surface area contributed by atoms with E-state index in [1.165, 1.54) is 0 Å². The molecule has 3 N–H and O–H groups in total. The number of nitrogens with one attached hydrogen (secondary N) is 2. The lowest BCUT2D eigenvalue weighted by Gasteiger charge is -2.11. The van der Waals surface area contributed by atoms with Gasteiger partial charge in [-0.3, -0.25) is 10.1 Å². The zero-order valence-electron chi connectivity index (χ0n) is 11.8. The van der Waals surface area contributed by atoms with Gasteiger partial charge in [0.1, 0.15) is 5.75 Å². The van der Waals surface area contributed by atoms with Crippen molar-refractivity contribution in [2.24, 2.45) is 0 Å². The largest absolute Gasteiger partial charge is 0.492 e. The first-order chi connectivity index (χ1) is 10.1. The Balaban J connectivity index is 2.58. The highest BCUT2D eigenvalue weighted by Gasteiger charge is 2.10. The average Bonchev–Trinajstić information content (AvgIpc) is 2.46. The van der Waals surface area contributed by atoms with E-state index >= 15 is 0 Å². The molecule has 0 heterocycles. The highest BCUT2D eigenvalue weighted by molar-refractivity contribution is 9.10. The molecule has 0 unspecified atom stereocenters. The van der Waals surface area contributed by atoms with Crippen molar-refractivity contribution in [2.75, 3.05) is 19.8 Å². The van der Waals surface area contributed by atoms with Crippen molar-refractivity contribution in [3.63, 3.8) is 0 Å². The summed E-state index contributed by atoms with van der Waals surface area (Å²) >= 11 is 8.38. The number of halogens is 1. The highest BCUT2D eigenvalue weighted by atomic mass is 79.9. The summed E-state index contributed by atoms with van der Waals surface area (Å²) in [7, 11) is 0. The van der Waals surface area contributed by atoms with Gasteiger partial charge in [-0.25, -0.2) is 0 Å². The molecule has 0 aliphatic rings. The molecule has 0 aliphatic heterocycles. The Hall–Kier alpha value is -1.18. The zero-order chi connectivity index (χ0) is 15.7. The fourth-order valence-corrected chi connectivity index (χ4v) is 2.16. The van der Waals surface area contributed by atoms with Gasteiger partial charge in [-0.05, 0) is 59.2 Å². The number of carbonyl (C=O) groups excluding carboxylic acids is 1. The standard InChI is InChI=1S/C14H19BrN2O3S/c1-2-8-20-12-5-4-10(9-11(12)15)13(19)17-14(21)16-6-3-7-18/h4-5,9,18H,2-3,6-8H2,1H3,(H2,16,17,19,21). The predicted molar refractivity (Wildman–Crippen MR) is 89.7 cm³/mol. The lowest BCUT2D eigenvalue weighted by atomic mass is 10.2. The quantitative estimate of drug-likeness (QED) is 0.504. The summed E-state index contributed by atoms with van der Waals surface area (Å²) in [6.07, 6.45) is 1.49. The van der Waals surface area contributed by atoms with Gasteiger partial charge in [-0.2, -0.15) is 0 Å². The second-order valence-electron chi connectivity index (χ2n) is 4.28. The first kappa shape index (κ1) is 17.9. The van der Waals surface area contributed by atoms with Crippen LogP contribution in [0.4, 0.5) is 0 Å². The molecule has 0 atom stereocenters. The Labute approximate surface area is 138 Å². The summed E-state index contributed by atoms with van der Waals surface area (Å²) in [5, 5.41) is 14.3. The number of rotatable bonds is 7. The van der Waals surface area contributed by atoms with E-state index in [1.54, 1.807) is 18.2 Å². The Morgan fingerprint density at radius 2 is 2.24 bits per heavy atom. The molecule has 21 heavy (non-hydrogen) atoms. The van der Waals surface area contributed by atoms with Gasteiger partial charge in [0, 0.05) is 18.7 Å². The Morgan fingerprint density at radius 3 is 2.86 bits per heavy atom. The molecular formula is C14H19BrN2O3S. The van der Waals surface area contributed by atoms with E-state index in [0.29, 0.717) is 30.9 Å². The molecule has 0 aliphatic carbocycles. The van der Waals surface area contributed by atoms with E-state index in [4.69, 9.17) is 22.1 Å². The van der Waals surface area contributed by atoms with Gasteiger partial charge in [0.2, 0.25) is 0 Å². The van der Waals surface area contributed by atoms with Crippen molar-refractivity contribution < 1.29 is 14.6 Å². The third kappa shape index (κ3) is 6.41. The number of thiocarbonyl (C=S) groups is 1. The van der Waals surface area contributed by atoms with Crippen LogP contribution >= 0.6 is 28.1 Å². The van der Waals surface area contributed by atoms with Gasteiger partial charge in [0.05, 0.1) is 11.1 Å². The number of aliphatic hydroxyl groups excluding tert-OH is 1. The maximum Gasteiger partial charge on any atom is 0.257 e. The van der Waals surface area contributed by atoms with Crippen LogP contribution in [0.3, 0.4) is 0 Å². The van der Waals surface area contributed by atoms with Crippen molar-refractivity contribution in [1.29, 1.82) is 0 Å². The lowest BCUT2D eigenvalue weighted by molar-refractivity contribution is 0.0976. The summed E-state index contributed by atoms with van der Waals surface area (Å²) < 4.78 is 6.25. The predicted octanol–water partition coefficient (Wildman–Crippen LogP) is 2.22. The maximum atomic E-state index is 12.0. The summed E-state index contributed by atoms with van der Waals surface area (Å²) in [5.74, 6) is 0.413. The van der Waals surface area contributed by atoms with Crippen LogP contribution in [0.15, 0.2) is 22.7 Å². The Kier molecular flexibility index (Phi) is 8.26. The number of aliphatic hydroxyl groups is 1. The molecule has 0 saturated carbocycles. The molecule has 116 valence electrons. The van der Waals surface area contributed by atoms with Gasteiger partial charge in [0.25, 0.3) is 5.91 Å². The van der Waals surface area contributed by atoms with Crippen molar-refractivity contribution in [3.05, 3.63) is 28.2 Å². The normalized spacial score (nSPS) is 10.0. The number of benzene rings is 1. The molecule has 1 amide bonds. The molecule has 1 aromatic carbocycles. The number of carbonyl (C=O) groups is 1. The number of hydrogen-bond donors (Lipinski definition) is 3. The summed E-state index contributed by atoms with van der Waals surface area (Å²) in [4.78, 5) is 12.0. The first-order valence-electron chi connectivity index (χ1n) is 6.70. The minimum absolute atomic E-state index is 0.0791. The smallest absolute Gasteiger partial charge is 0.257 e. The molecule has 5 nitrogen and oxygen atoms in total. The molecule has 0 saturated heterocycles. The van der Waals surface area contributed by atoms with Crippen LogP contribution in [-0.4, -0.2) is 35.9 Å². The van der Waals surface area contributed by atoms with E-state index < -0.39 is 0 Å². The van der Waals surface area contributed by atoms with E-state index in [0.717, 1.165) is 10.9 Å². The van der Waals surface area contributed by atoms with Gasteiger partial charge < -0.3 is 15.2 Å². The van der Waals surface area contributed by atoms with Crippen molar-refractivity contribution in [1.82, 2.24) is 10.6 Å². The van der Waals surface area contributed by atoms with Gasteiger partial charge in [-0.1, -0.05) is 6.92 Å². The molecule has 0 radical (unpaired) electrons. The highest BCUT2D eigenvalue weighted by Crippen LogP contribution is 2.26. The Bertz CT molecular complexity index is 497. The lowest BCUT2D eigenvalue weighted by Crippen LogP contribution is -2.39. The third-order valence-electron chi connectivity index (χ3n) is 2.50. The topological polar surface area (TPSA) is 70.6 Å². The maximum absolute atomic E-state index is 12.0. The summed E-state index contributed by atoms with van der Waals surface area (Å²) in [6.45, 7) is 3.25. The SMILES string of the molecule is CCCOc1ccc(C(=O)NC(=S)NCCCO)cc1Br. The molecule has 0 bridgehead atoms. The van der Waals surface area contributed by atoms with Gasteiger partial charge in [0.15, 0.2) is 5.11 Å². The van der Waals surface area contributed by atoms with Crippen LogP contribution in [0, 0.1) is 0 Å². The van der Waals surface area contributed by atoms with E-state index in [-0.39, 0.29) is 17.6 Å². The fraction of sp³-hybridized carbons (Fsp3) is 0.429. The molecule has 0 spiro atoms. The molecule has 1 aromatic rings. The van der Waals surface area contributed by atoms with Crippen LogP contribution < -0.4 is 15.4 Å². The minimum atomic E-state index is -0.292. The van der Waals surface area contributed by atoms with E-state index in [2.05, 4.69) is 26.6 Å². The molecule has 0 aromatic heterocycles. The fourth-order valence-electron chi connectivity index (χ4n) is 1.47. The van der Waals surface area contributed by atoms with Gasteiger partial charge in [-0.15, -0.1) is 0 Å². The second-order valence-corrected chi connectivity index (χ2v) is 5.54. The van der Waals surface area contributed by atoms with Crippen LogP contribution in [0.1, 0.15) is 30.1 Å². The van der Waals surface area contributed by atoms with E-state index in [9.17, 15) is 4.79 Å². The molecular weight excluding hydrogens is 356 g/mol.